The maximum atomic E-state index is 12.4. The Morgan fingerprint density at radius 1 is 1.04 bits per heavy atom. The lowest BCUT2D eigenvalue weighted by molar-refractivity contribution is 0.579. The second kappa shape index (κ2) is 7.87. The summed E-state index contributed by atoms with van der Waals surface area (Å²) in [6.07, 6.45) is 1.14. The molecule has 0 aliphatic rings. The number of halogens is 1. The van der Waals surface area contributed by atoms with Crippen LogP contribution in [-0.4, -0.2) is 34.1 Å². The van der Waals surface area contributed by atoms with Gasteiger partial charge in [-0.05, 0) is 41.7 Å². The summed E-state index contributed by atoms with van der Waals surface area (Å²) in [4.78, 5) is 3.91. The van der Waals surface area contributed by atoms with E-state index in [1.165, 1.54) is 6.07 Å². The predicted molar refractivity (Wildman–Crippen MR) is 106 cm³/mol. The molecule has 0 aliphatic heterocycles. The van der Waals surface area contributed by atoms with Crippen molar-refractivity contribution in [1.29, 1.82) is 0 Å². The Hall–Kier alpha value is -1.48. The van der Waals surface area contributed by atoms with Gasteiger partial charge in [-0.25, -0.2) is 26.5 Å². The van der Waals surface area contributed by atoms with Gasteiger partial charge in [0.25, 0.3) is 0 Å². The second-order valence-electron chi connectivity index (χ2n) is 7.27. The molecule has 9 heteroatoms. The molecule has 2 aromatic rings. The summed E-state index contributed by atoms with van der Waals surface area (Å²) in [7, 11) is -7.47. The first-order valence-electron chi connectivity index (χ1n) is 8.28. The number of sulfonamides is 1. The molecule has 0 fully saturated rings. The summed E-state index contributed by atoms with van der Waals surface area (Å²) in [6.45, 7) is 7.52. The third kappa shape index (κ3) is 5.51. The second-order valence-corrected chi connectivity index (χ2v) is 11.5. The first kappa shape index (κ1) is 21.8. The highest BCUT2D eigenvalue weighted by molar-refractivity contribution is 7.91. The van der Waals surface area contributed by atoms with Gasteiger partial charge in [0, 0.05) is 12.7 Å². The number of hydrogen-bond donors (Lipinski definition) is 1. The lowest BCUT2D eigenvalue weighted by Gasteiger charge is -2.19. The Morgan fingerprint density at radius 3 is 2.15 bits per heavy atom. The average Bonchev–Trinajstić information content (AvgIpc) is 2.56. The molecule has 27 heavy (non-hydrogen) atoms. The molecule has 1 aromatic carbocycles. The van der Waals surface area contributed by atoms with Crippen LogP contribution in [0, 0.1) is 6.92 Å². The molecule has 1 heterocycles. The Balaban J connectivity index is 2.07. The molecular formula is C18H23ClN2O4S2. The molecular weight excluding hydrogens is 408 g/mol. The van der Waals surface area contributed by atoms with E-state index < -0.39 is 19.9 Å². The van der Waals surface area contributed by atoms with E-state index in [9.17, 15) is 16.8 Å². The van der Waals surface area contributed by atoms with E-state index in [-0.39, 0.29) is 32.7 Å². The highest BCUT2D eigenvalue weighted by Gasteiger charge is 2.20. The van der Waals surface area contributed by atoms with Crippen LogP contribution in [0.15, 0.2) is 46.3 Å². The Morgan fingerprint density at radius 2 is 1.63 bits per heavy atom. The fourth-order valence-corrected chi connectivity index (χ4v) is 4.80. The lowest BCUT2D eigenvalue weighted by atomic mass is 9.87. The molecule has 0 bridgehead atoms. The average molecular weight is 431 g/mol. The van der Waals surface area contributed by atoms with Crippen LogP contribution in [0.3, 0.4) is 0 Å². The lowest BCUT2D eigenvalue weighted by Crippen LogP contribution is -2.29. The molecule has 2 rings (SSSR count). The minimum atomic E-state index is -3.87. The van der Waals surface area contributed by atoms with Crippen LogP contribution in [0.5, 0.6) is 0 Å². The zero-order valence-electron chi connectivity index (χ0n) is 15.7. The molecule has 148 valence electrons. The van der Waals surface area contributed by atoms with E-state index in [1.807, 2.05) is 20.8 Å². The normalized spacial score (nSPS) is 12.9. The number of rotatable bonds is 6. The standard InChI is InChI=1S/C18H23ClN2O4S2/c1-13-11-16(12-20-17(13)19)27(24,25)21-9-10-26(22,23)15-7-5-14(6-8-15)18(2,3)4/h5-8,11-12,21H,9-10H2,1-4H3. The van der Waals surface area contributed by atoms with Crippen molar-refractivity contribution in [3.63, 3.8) is 0 Å². The van der Waals surface area contributed by atoms with E-state index >= 15 is 0 Å². The SMILES string of the molecule is Cc1cc(S(=O)(=O)NCCS(=O)(=O)c2ccc(C(C)(C)C)cc2)cnc1Cl. The van der Waals surface area contributed by atoms with Crippen molar-refractivity contribution in [3.05, 3.63) is 52.8 Å². The van der Waals surface area contributed by atoms with Crippen molar-refractivity contribution in [1.82, 2.24) is 9.71 Å². The fourth-order valence-electron chi connectivity index (χ4n) is 2.35. The highest BCUT2D eigenvalue weighted by Crippen LogP contribution is 2.23. The Kier molecular flexibility index (Phi) is 6.36. The van der Waals surface area contributed by atoms with Crippen LogP contribution in [0.2, 0.25) is 5.15 Å². The minimum Gasteiger partial charge on any atom is -0.243 e. The Labute approximate surface area is 166 Å². The number of nitrogens with one attached hydrogen (secondary N) is 1. The summed E-state index contributed by atoms with van der Waals surface area (Å²) in [5.41, 5.74) is 1.46. The molecule has 0 unspecified atom stereocenters. The van der Waals surface area contributed by atoms with E-state index in [0.717, 1.165) is 11.8 Å². The number of benzene rings is 1. The van der Waals surface area contributed by atoms with Gasteiger partial charge < -0.3 is 0 Å². The van der Waals surface area contributed by atoms with Crippen LogP contribution in [0.1, 0.15) is 31.9 Å². The van der Waals surface area contributed by atoms with Gasteiger partial charge in [-0.15, -0.1) is 0 Å². The minimum absolute atomic E-state index is 0.0590. The molecule has 6 nitrogen and oxygen atoms in total. The summed E-state index contributed by atoms with van der Waals surface area (Å²) < 4.78 is 51.8. The van der Waals surface area contributed by atoms with Crippen molar-refractivity contribution in [2.24, 2.45) is 0 Å². The molecule has 1 N–H and O–H groups in total. The molecule has 0 radical (unpaired) electrons. The third-order valence-corrected chi connectivity index (χ3v) is 7.60. The van der Waals surface area contributed by atoms with Gasteiger partial charge >= 0.3 is 0 Å². The number of aryl methyl sites for hydroxylation is 1. The van der Waals surface area contributed by atoms with E-state index in [4.69, 9.17) is 11.6 Å². The van der Waals surface area contributed by atoms with Crippen LogP contribution < -0.4 is 4.72 Å². The Bertz CT molecular complexity index is 1030. The van der Waals surface area contributed by atoms with Crippen molar-refractivity contribution < 1.29 is 16.8 Å². The molecule has 1 aromatic heterocycles. The quantitative estimate of drug-likeness (QED) is 0.710. The topological polar surface area (TPSA) is 93.2 Å². The van der Waals surface area contributed by atoms with Crippen molar-refractivity contribution in [2.75, 3.05) is 12.3 Å². The van der Waals surface area contributed by atoms with Gasteiger partial charge in [0.05, 0.1) is 10.6 Å². The summed E-state index contributed by atoms with van der Waals surface area (Å²) in [6, 6.07) is 8.05. The van der Waals surface area contributed by atoms with Gasteiger partial charge in [-0.1, -0.05) is 44.5 Å². The van der Waals surface area contributed by atoms with Gasteiger partial charge in [0.2, 0.25) is 10.0 Å². The van der Waals surface area contributed by atoms with Crippen molar-refractivity contribution in [2.45, 2.75) is 42.9 Å². The number of nitrogens with zero attached hydrogens (tertiary/aromatic N) is 1. The molecule has 0 amide bonds. The monoisotopic (exact) mass is 430 g/mol. The first-order valence-corrected chi connectivity index (χ1v) is 11.8. The van der Waals surface area contributed by atoms with Crippen LogP contribution in [0.4, 0.5) is 0 Å². The van der Waals surface area contributed by atoms with Crippen molar-refractivity contribution in [3.8, 4) is 0 Å². The van der Waals surface area contributed by atoms with Gasteiger partial charge in [0.15, 0.2) is 9.84 Å². The maximum Gasteiger partial charge on any atom is 0.242 e. The highest BCUT2D eigenvalue weighted by atomic mass is 35.5. The largest absolute Gasteiger partial charge is 0.243 e. The van der Waals surface area contributed by atoms with E-state index in [2.05, 4.69) is 9.71 Å². The number of sulfone groups is 1. The molecule has 0 spiro atoms. The number of aromatic nitrogens is 1. The van der Waals surface area contributed by atoms with Gasteiger partial charge in [-0.2, -0.15) is 0 Å². The summed E-state index contributed by atoms with van der Waals surface area (Å²) in [5, 5.41) is 0.218. The molecule has 0 saturated carbocycles. The zero-order chi connectivity index (χ0) is 20.5. The number of pyridine rings is 1. The van der Waals surface area contributed by atoms with E-state index in [0.29, 0.717) is 5.56 Å². The fraction of sp³-hybridized carbons (Fsp3) is 0.389. The predicted octanol–water partition coefficient (Wildman–Crippen LogP) is 3.09. The third-order valence-electron chi connectivity index (χ3n) is 4.04. The molecule has 0 aliphatic carbocycles. The molecule has 0 saturated heterocycles. The van der Waals surface area contributed by atoms with Crippen molar-refractivity contribution >= 4 is 31.5 Å². The smallest absolute Gasteiger partial charge is 0.242 e. The summed E-state index contributed by atoms with van der Waals surface area (Å²) >= 11 is 5.80. The number of hydrogen-bond acceptors (Lipinski definition) is 5. The van der Waals surface area contributed by atoms with E-state index in [1.54, 1.807) is 31.2 Å². The van der Waals surface area contributed by atoms with Gasteiger partial charge in [-0.3, -0.25) is 0 Å². The molecule has 0 atom stereocenters. The summed E-state index contributed by atoms with van der Waals surface area (Å²) in [5.74, 6) is -0.346. The van der Waals surface area contributed by atoms with Crippen LogP contribution >= 0.6 is 11.6 Å². The zero-order valence-corrected chi connectivity index (χ0v) is 18.0. The first-order chi connectivity index (χ1) is 12.3. The van der Waals surface area contributed by atoms with Crippen LogP contribution in [0.25, 0.3) is 0 Å². The maximum absolute atomic E-state index is 12.4. The van der Waals surface area contributed by atoms with Crippen LogP contribution in [-0.2, 0) is 25.3 Å². The van der Waals surface area contributed by atoms with Gasteiger partial charge in [0.1, 0.15) is 10.0 Å².